The van der Waals surface area contributed by atoms with Crippen molar-refractivity contribution >= 4 is 40.0 Å². The van der Waals surface area contributed by atoms with Crippen LogP contribution in [0.3, 0.4) is 0 Å². The van der Waals surface area contributed by atoms with E-state index in [-0.39, 0.29) is 0 Å². The van der Waals surface area contributed by atoms with Gasteiger partial charge >= 0.3 is 0 Å². The molecule has 0 fully saturated rings. The molecule has 0 spiro atoms. The van der Waals surface area contributed by atoms with Crippen LogP contribution in [-0.4, -0.2) is 21.1 Å². The molecule has 5 nitrogen and oxygen atoms in total. The van der Waals surface area contributed by atoms with Crippen molar-refractivity contribution in [2.24, 2.45) is 5.10 Å². The van der Waals surface area contributed by atoms with Crippen LogP contribution in [0.5, 0.6) is 0 Å². The van der Waals surface area contributed by atoms with E-state index in [0.29, 0.717) is 16.4 Å². The number of aromatic amines is 1. The lowest BCUT2D eigenvalue weighted by Crippen LogP contribution is -1.95. The Morgan fingerprint density at radius 3 is 2.33 bits per heavy atom. The monoisotopic (exact) mass is 370 g/mol. The van der Waals surface area contributed by atoms with Crippen molar-refractivity contribution in [3.05, 3.63) is 83.3 Å². The third-order valence-electron chi connectivity index (χ3n) is 4.51. The number of nitrogens with one attached hydrogen (secondary N) is 1. The minimum absolute atomic E-state index is 0.405. The quantitative estimate of drug-likeness (QED) is 0.263. The molecule has 0 aliphatic rings. The first kappa shape index (κ1) is 15.7. The molecule has 0 radical (unpaired) electrons. The van der Waals surface area contributed by atoms with Crippen molar-refractivity contribution in [2.75, 3.05) is 0 Å². The molecular weight excluding hydrogens is 356 g/mol. The van der Waals surface area contributed by atoms with Gasteiger partial charge in [-0.25, -0.2) is 5.10 Å². The number of rotatable bonds is 3. The van der Waals surface area contributed by atoms with Crippen LogP contribution < -0.4 is 0 Å². The van der Waals surface area contributed by atoms with Gasteiger partial charge < -0.3 is 4.42 Å². The van der Waals surface area contributed by atoms with E-state index in [1.54, 1.807) is 17.0 Å². The van der Waals surface area contributed by atoms with Gasteiger partial charge in [-0.3, -0.25) is 0 Å². The van der Waals surface area contributed by atoms with Crippen LogP contribution in [0.4, 0.5) is 0 Å². The van der Waals surface area contributed by atoms with Crippen LogP contribution in [0.2, 0.25) is 0 Å². The predicted molar refractivity (Wildman–Crippen MR) is 110 cm³/mol. The molecule has 0 amide bonds. The van der Waals surface area contributed by atoms with Crippen molar-refractivity contribution < 1.29 is 4.42 Å². The van der Waals surface area contributed by atoms with E-state index in [1.807, 2.05) is 36.5 Å². The average molecular weight is 370 g/mol. The highest BCUT2D eigenvalue weighted by atomic mass is 32.1. The van der Waals surface area contributed by atoms with E-state index in [9.17, 15) is 0 Å². The van der Waals surface area contributed by atoms with Gasteiger partial charge in [-0.1, -0.05) is 48.5 Å². The molecule has 5 rings (SSSR count). The fourth-order valence-electron chi connectivity index (χ4n) is 3.27. The highest BCUT2D eigenvalue weighted by Gasteiger charge is 2.11. The Kier molecular flexibility index (Phi) is 3.69. The van der Waals surface area contributed by atoms with Crippen LogP contribution in [0.15, 0.2) is 82.5 Å². The standard InChI is InChI=1S/C21H14N4OS/c27-21-24-23-20(19-10-5-11-26-19)25(21)22-13-18-16-8-3-1-6-14(16)12-15-7-2-4-9-17(15)18/h1-13H,(H,24,27)/b22-13+. The number of nitrogens with zero attached hydrogens (tertiary/aromatic N) is 3. The van der Waals surface area contributed by atoms with Crippen molar-refractivity contribution in [3.63, 3.8) is 0 Å². The number of furan rings is 1. The van der Waals surface area contributed by atoms with Crippen LogP contribution in [0.25, 0.3) is 33.1 Å². The topological polar surface area (TPSA) is 59.1 Å². The lowest BCUT2D eigenvalue weighted by molar-refractivity contribution is 0.573. The van der Waals surface area contributed by atoms with E-state index in [2.05, 4.69) is 45.6 Å². The Bertz CT molecular complexity index is 1290. The maximum absolute atomic E-state index is 5.44. The molecule has 0 atom stereocenters. The maximum Gasteiger partial charge on any atom is 0.219 e. The van der Waals surface area contributed by atoms with Gasteiger partial charge in [0.15, 0.2) is 5.76 Å². The smallest absolute Gasteiger partial charge is 0.219 e. The minimum Gasteiger partial charge on any atom is -0.461 e. The largest absolute Gasteiger partial charge is 0.461 e. The number of aromatic nitrogens is 3. The molecule has 1 N–H and O–H groups in total. The summed E-state index contributed by atoms with van der Waals surface area (Å²) in [5, 5.41) is 16.2. The summed E-state index contributed by atoms with van der Waals surface area (Å²) in [6.45, 7) is 0. The fourth-order valence-corrected chi connectivity index (χ4v) is 3.45. The zero-order valence-electron chi connectivity index (χ0n) is 14.2. The van der Waals surface area contributed by atoms with Gasteiger partial charge in [0, 0.05) is 5.56 Å². The molecule has 0 saturated heterocycles. The number of benzene rings is 3. The van der Waals surface area contributed by atoms with E-state index >= 15 is 0 Å². The highest BCUT2D eigenvalue weighted by molar-refractivity contribution is 7.71. The molecule has 130 valence electrons. The molecule has 0 saturated carbocycles. The molecule has 0 bridgehead atoms. The lowest BCUT2D eigenvalue weighted by atomic mass is 9.97. The zero-order chi connectivity index (χ0) is 18.2. The third kappa shape index (κ3) is 2.67. The lowest BCUT2D eigenvalue weighted by Gasteiger charge is -2.08. The van der Waals surface area contributed by atoms with Crippen molar-refractivity contribution in [2.45, 2.75) is 0 Å². The summed E-state index contributed by atoms with van der Waals surface area (Å²) in [6.07, 6.45) is 3.43. The third-order valence-corrected chi connectivity index (χ3v) is 4.77. The Morgan fingerprint density at radius 2 is 1.67 bits per heavy atom. The first-order valence-corrected chi connectivity index (χ1v) is 8.88. The molecule has 2 heterocycles. The van der Waals surface area contributed by atoms with E-state index in [1.165, 1.54) is 10.8 Å². The van der Waals surface area contributed by atoms with Gasteiger partial charge in [-0.2, -0.15) is 9.78 Å². The number of hydrogen-bond acceptors (Lipinski definition) is 4. The molecule has 27 heavy (non-hydrogen) atoms. The number of H-pyrrole nitrogens is 1. The second kappa shape index (κ2) is 6.34. The summed E-state index contributed by atoms with van der Waals surface area (Å²) in [7, 11) is 0. The average Bonchev–Trinajstić information content (AvgIpc) is 3.35. The van der Waals surface area contributed by atoms with E-state index in [4.69, 9.17) is 16.6 Å². The van der Waals surface area contributed by atoms with Crippen molar-refractivity contribution in [1.29, 1.82) is 0 Å². The van der Waals surface area contributed by atoms with Crippen molar-refractivity contribution in [3.8, 4) is 11.6 Å². The molecule has 0 aliphatic heterocycles. The summed E-state index contributed by atoms with van der Waals surface area (Å²) in [4.78, 5) is 0. The van der Waals surface area contributed by atoms with Gasteiger partial charge in [0.2, 0.25) is 10.6 Å². The molecule has 0 unspecified atom stereocenters. The van der Waals surface area contributed by atoms with Gasteiger partial charge in [0.25, 0.3) is 0 Å². The van der Waals surface area contributed by atoms with Crippen LogP contribution in [0.1, 0.15) is 5.56 Å². The van der Waals surface area contributed by atoms with Crippen LogP contribution in [-0.2, 0) is 0 Å². The Morgan fingerprint density at radius 1 is 0.963 bits per heavy atom. The minimum atomic E-state index is 0.405. The first-order chi connectivity index (χ1) is 13.3. The first-order valence-electron chi connectivity index (χ1n) is 8.47. The predicted octanol–water partition coefficient (Wildman–Crippen LogP) is 5.39. The molecule has 0 aliphatic carbocycles. The van der Waals surface area contributed by atoms with Gasteiger partial charge in [-0.15, -0.1) is 5.10 Å². The van der Waals surface area contributed by atoms with Gasteiger partial charge in [0.05, 0.1) is 12.5 Å². The second-order valence-corrected chi connectivity index (χ2v) is 6.51. The summed E-state index contributed by atoms with van der Waals surface area (Å²) in [5.41, 5.74) is 1.04. The Labute approximate surface area is 159 Å². The Balaban J connectivity index is 1.74. The van der Waals surface area contributed by atoms with Crippen LogP contribution in [0, 0.1) is 4.77 Å². The molecule has 6 heteroatoms. The van der Waals surface area contributed by atoms with E-state index < -0.39 is 0 Å². The molecular formula is C21H14N4OS. The highest BCUT2D eigenvalue weighted by Crippen LogP contribution is 2.27. The maximum atomic E-state index is 5.44. The second-order valence-electron chi connectivity index (χ2n) is 6.12. The molecule has 3 aromatic carbocycles. The summed E-state index contributed by atoms with van der Waals surface area (Å²) < 4.78 is 7.42. The zero-order valence-corrected chi connectivity index (χ0v) is 15.0. The SMILES string of the molecule is S=c1[nH]nc(-c2ccco2)n1/N=C/c1c2ccccc2cc2ccccc12. The van der Waals surface area contributed by atoms with Gasteiger partial charge in [-0.05, 0) is 52.0 Å². The Hall–Kier alpha value is -3.51. The normalized spacial score (nSPS) is 11.7. The number of fused-ring (bicyclic) bond motifs is 2. The summed E-state index contributed by atoms with van der Waals surface area (Å²) >= 11 is 5.34. The van der Waals surface area contributed by atoms with Crippen molar-refractivity contribution in [1.82, 2.24) is 14.9 Å². The van der Waals surface area contributed by atoms with Crippen LogP contribution >= 0.6 is 12.2 Å². The fraction of sp³-hybridized carbons (Fsp3) is 0. The van der Waals surface area contributed by atoms with E-state index in [0.717, 1.165) is 16.3 Å². The van der Waals surface area contributed by atoms with Gasteiger partial charge in [0.1, 0.15) is 0 Å². The molecule has 2 aromatic heterocycles. The molecule has 5 aromatic rings. The summed E-state index contributed by atoms with van der Waals surface area (Å²) in [6, 6.07) is 22.4. The number of hydrogen-bond donors (Lipinski definition) is 1. The summed E-state index contributed by atoms with van der Waals surface area (Å²) in [5.74, 6) is 1.13.